The molecule has 1 atom stereocenters. The van der Waals surface area contributed by atoms with E-state index < -0.39 is 0 Å². The molecule has 0 radical (unpaired) electrons. The van der Waals surface area contributed by atoms with Gasteiger partial charge in [-0.1, -0.05) is 19.1 Å². The monoisotopic (exact) mass is 335 g/mol. The van der Waals surface area contributed by atoms with Crippen LogP contribution < -0.4 is 5.32 Å². The zero-order chi connectivity index (χ0) is 13.7. The van der Waals surface area contributed by atoms with Crippen LogP contribution in [0, 0.1) is 10.1 Å². The van der Waals surface area contributed by atoms with Crippen LogP contribution in [0.2, 0.25) is 0 Å². The lowest BCUT2D eigenvalue weighted by Crippen LogP contribution is -2.37. The van der Waals surface area contributed by atoms with Crippen LogP contribution in [-0.4, -0.2) is 35.5 Å². The number of nitrogens with one attached hydrogen (secondary N) is 1. The van der Waals surface area contributed by atoms with Gasteiger partial charge in [-0.25, -0.2) is 0 Å². The van der Waals surface area contributed by atoms with Crippen molar-refractivity contribution < 1.29 is 4.92 Å². The molecule has 120 valence electrons. The third kappa shape index (κ3) is 5.79. The highest BCUT2D eigenvalue weighted by Crippen LogP contribution is 2.16. The number of likely N-dealkylation sites (N-methyl/N-ethyl adjacent to an activating group) is 1. The number of halogens is 2. The first-order chi connectivity index (χ1) is 9.20. The molecular weight excluding hydrogens is 313 g/mol. The first-order valence-electron chi connectivity index (χ1n) is 6.89. The van der Waals surface area contributed by atoms with E-state index in [1.165, 1.54) is 19.4 Å². The number of nitrogens with zero attached hydrogens (tertiary/aromatic N) is 2. The number of hydrogen-bond acceptors (Lipinski definition) is 4. The number of rotatable bonds is 6. The van der Waals surface area contributed by atoms with Gasteiger partial charge in [0.25, 0.3) is 5.69 Å². The van der Waals surface area contributed by atoms with Crippen LogP contribution in [0.15, 0.2) is 24.3 Å². The van der Waals surface area contributed by atoms with Gasteiger partial charge in [-0.2, -0.15) is 0 Å². The summed E-state index contributed by atoms with van der Waals surface area (Å²) >= 11 is 0. The molecule has 1 N–H and O–H groups in total. The molecule has 0 saturated carbocycles. The molecular formula is C14H23Cl2N3O2. The van der Waals surface area contributed by atoms with Crippen molar-refractivity contribution in [3.63, 3.8) is 0 Å². The highest BCUT2D eigenvalue weighted by Gasteiger charge is 2.21. The normalized spacial score (nSPS) is 17.9. The summed E-state index contributed by atoms with van der Waals surface area (Å²) in [5.74, 6) is 0. The zero-order valence-electron chi connectivity index (χ0n) is 12.2. The van der Waals surface area contributed by atoms with Crippen molar-refractivity contribution in [3.8, 4) is 0 Å². The zero-order valence-corrected chi connectivity index (χ0v) is 13.8. The third-order valence-corrected chi connectivity index (χ3v) is 3.76. The predicted molar refractivity (Wildman–Crippen MR) is 89.6 cm³/mol. The van der Waals surface area contributed by atoms with E-state index >= 15 is 0 Å². The molecule has 1 aliphatic heterocycles. The van der Waals surface area contributed by atoms with Crippen LogP contribution in [0.5, 0.6) is 0 Å². The van der Waals surface area contributed by atoms with Crippen LogP contribution in [-0.2, 0) is 6.54 Å². The molecule has 2 rings (SSSR count). The highest BCUT2D eigenvalue weighted by atomic mass is 35.5. The van der Waals surface area contributed by atoms with Crippen molar-refractivity contribution >= 4 is 30.5 Å². The first kappa shape index (κ1) is 20.1. The van der Waals surface area contributed by atoms with E-state index in [4.69, 9.17) is 0 Å². The molecule has 21 heavy (non-hydrogen) atoms. The fourth-order valence-electron chi connectivity index (χ4n) is 2.66. The van der Waals surface area contributed by atoms with E-state index in [1.54, 1.807) is 12.1 Å². The van der Waals surface area contributed by atoms with Crippen molar-refractivity contribution in [3.05, 3.63) is 39.9 Å². The standard InChI is InChI=1S/C14H21N3O2.2ClH/c1-2-16-9-3-4-14(16)11-15-10-12-5-7-13(8-6-12)17(18)19;;/h5-8,14-15H,2-4,9-11H2,1H3;2*1H. The van der Waals surface area contributed by atoms with Gasteiger partial charge >= 0.3 is 0 Å². The van der Waals surface area contributed by atoms with Gasteiger partial charge in [-0.05, 0) is 31.5 Å². The van der Waals surface area contributed by atoms with E-state index in [0.29, 0.717) is 6.04 Å². The molecule has 0 aromatic heterocycles. The molecule has 7 heteroatoms. The largest absolute Gasteiger partial charge is 0.311 e. The second-order valence-corrected chi connectivity index (χ2v) is 4.98. The number of hydrogen-bond donors (Lipinski definition) is 1. The van der Waals surface area contributed by atoms with Gasteiger partial charge in [0, 0.05) is 31.3 Å². The van der Waals surface area contributed by atoms with Crippen LogP contribution in [0.3, 0.4) is 0 Å². The lowest BCUT2D eigenvalue weighted by Gasteiger charge is -2.22. The summed E-state index contributed by atoms with van der Waals surface area (Å²) in [4.78, 5) is 12.7. The van der Waals surface area contributed by atoms with Gasteiger partial charge in [-0.15, -0.1) is 24.8 Å². The second kappa shape index (κ2) is 9.95. The second-order valence-electron chi connectivity index (χ2n) is 4.98. The summed E-state index contributed by atoms with van der Waals surface area (Å²) < 4.78 is 0. The third-order valence-electron chi connectivity index (χ3n) is 3.76. The Morgan fingerprint density at radius 1 is 1.33 bits per heavy atom. The Morgan fingerprint density at radius 3 is 2.57 bits per heavy atom. The van der Waals surface area contributed by atoms with E-state index in [0.717, 1.165) is 25.2 Å². The molecule has 0 aliphatic carbocycles. The van der Waals surface area contributed by atoms with Crippen molar-refractivity contribution in [2.75, 3.05) is 19.6 Å². The maximum atomic E-state index is 10.6. The molecule has 5 nitrogen and oxygen atoms in total. The topological polar surface area (TPSA) is 58.4 Å². The molecule has 1 fully saturated rings. The molecule has 0 amide bonds. The quantitative estimate of drug-likeness (QED) is 0.641. The fourth-order valence-corrected chi connectivity index (χ4v) is 2.66. The number of non-ortho nitro benzene ring substituents is 1. The molecule has 0 bridgehead atoms. The van der Waals surface area contributed by atoms with Crippen molar-refractivity contribution in [1.82, 2.24) is 10.2 Å². The van der Waals surface area contributed by atoms with Crippen LogP contribution in [0.25, 0.3) is 0 Å². The van der Waals surface area contributed by atoms with Gasteiger partial charge in [0.05, 0.1) is 4.92 Å². The predicted octanol–water partition coefficient (Wildman–Crippen LogP) is 3.01. The Labute approximate surface area is 138 Å². The first-order valence-corrected chi connectivity index (χ1v) is 6.89. The van der Waals surface area contributed by atoms with E-state index in [-0.39, 0.29) is 35.4 Å². The summed E-state index contributed by atoms with van der Waals surface area (Å²) in [6.45, 7) is 6.29. The summed E-state index contributed by atoms with van der Waals surface area (Å²) in [7, 11) is 0. The summed E-state index contributed by atoms with van der Waals surface area (Å²) in [6, 6.07) is 7.40. The molecule has 1 heterocycles. The maximum absolute atomic E-state index is 10.6. The Bertz CT molecular complexity index is 429. The minimum absolute atomic E-state index is 0. The number of nitro benzene ring substituents is 1. The van der Waals surface area contributed by atoms with Crippen LogP contribution in [0.1, 0.15) is 25.3 Å². The Balaban J connectivity index is 0.00000200. The van der Waals surface area contributed by atoms with Gasteiger partial charge in [0.15, 0.2) is 0 Å². The smallest absolute Gasteiger partial charge is 0.269 e. The number of likely N-dealkylation sites (tertiary alicyclic amines) is 1. The van der Waals surface area contributed by atoms with Gasteiger partial charge < -0.3 is 5.32 Å². The Hall–Kier alpha value is -0.880. The average molecular weight is 336 g/mol. The number of benzene rings is 1. The summed E-state index contributed by atoms with van der Waals surface area (Å²) in [6.07, 6.45) is 2.55. The van der Waals surface area contributed by atoms with Crippen molar-refractivity contribution in [2.24, 2.45) is 0 Å². The SMILES string of the molecule is CCN1CCCC1CNCc1ccc([N+](=O)[O-])cc1.Cl.Cl. The number of nitro groups is 1. The average Bonchev–Trinajstić information content (AvgIpc) is 2.87. The lowest BCUT2D eigenvalue weighted by atomic mass is 10.2. The van der Waals surface area contributed by atoms with Gasteiger partial charge in [0.2, 0.25) is 0 Å². The van der Waals surface area contributed by atoms with E-state index in [2.05, 4.69) is 17.1 Å². The minimum atomic E-state index is -0.366. The molecule has 1 aromatic carbocycles. The lowest BCUT2D eigenvalue weighted by molar-refractivity contribution is -0.384. The molecule has 1 saturated heterocycles. The van der Waals surface area contributed by atoms with Crippen LogP contribution >= 0.6 is 24.8 Å². The molecule has 1 aromatic rings. The molecule has 1 unspecified atom stereocenters. The van der Waals surface area contributed by atoms with E-state index in [1.807, 2.05) is 12.1 Å². The fraction of sp³-hybridized carbons (Fsp3) is 0.571. The van der Waals surface area contributed by atoms with Gasteiger partial charge in [-0.3, -0.25) is 15.0 Å². The van der Waals surface area contributed by atoms with Crippen molar-refractivity contribution in [2.45, 2.75) is 32.4 Å². The molecule has 1 aliphatic rings. The summed E-state index contributed by atoms with van der Waals surface area (Å²) in [5.41, 5.74) is 1.24. The maximum Gasteiger partial charge on any atom is 0.269 e. The van der Waals surface area contributed by atoms with Crippen LogP contribution in [0.4, 0.5) is 5.69 Å². The highest BCUT2D eigenvalue weighted by molar-refractivity contribution is 5.85. The van der Waals surface area contributed by atoms with Gasteiger partial charge in [0.1, 0.15) is 0 Å². The molecule has 0 spiro atoms. The minimum Gasteiger partial charge on any atom is -0.311 e. The Kier molecular flexibility index (Phi) is 9.53. The summed E-state index contributed by atoms with van der Waals surface area (Å²) in [5, 5.41) is 14.0. The van der Waals surface area contributed by atoms with E-state index in [9.17, 15) is 10.1 Å². The van der Waals surface area contributed by atoms with Crippen molar-refractivity contribution in [1.29, 1.82) is 0 Å². The Morgan fingerprint density at radius 2 is 2.00 bits per heavy atom.